The summed E-state index contributed by atoms with van der Waals surface area (Å²) in [6.45, 7) is 2.34. The number of rotatable bonds is 6. The molecule has 1 heterocycles. The van der Waals surface area contributed by atoms with Gasteiger partial charge < -0.3 is 24.6 Å². The summed E-state index contributed by atoms with van der Waals surface area (Å²) in [6.07, 6.45) is 0. The van der Waals surface area contributed by atoms with Gasteiger partial charge in [0.2, 0.25) is 11.7 Å². The summed E-state index contributed by atoms with van der Waals surface area (Å²) >= 11 is 5.32. The van der Waals surface area contributed by atoms with Crippen molar-refractivity contribution in [1.82, 2.24) is 15.5 Å². The second-order valence-electron chi connectivity index (χ2n) is 5.75. The Morgan fingerprint density at radius 2 is 1.89 bits per heavy atom. The SMILES string of the molecule is COc1ccc(NC(=S)NCc2nc(-c3ccc(C)cc3)no2)c(OC)c1. The van der Waals surface area contributed by atoms with Crippen molar-refractivity contribution in [2.24, 2.45) is 0 Å². The fourth-order valence-electron chi connectivity index (χ4n) is 2.37. The van der Waals surface area contributed by atoms with Crippen molar-refractivity contribution in [3.05, 3.63) is 53.9 Å². The topological polar surface area (TPSA) is 81.4 Å². The van der Waals surface area contributed by atoms with Gasteiger partial charge in [-0.3, -0.25) is 0 Å². The Morgan fingerprint density at radius 3 is 2.59 bits per heavy atom. The maximum atomic E-state index is 5.34. The number of hydrogen-bond donors (Lipinski definition) is 2. The predicted molar refractivity (Wildman–Crippen MR) is 107 cm³/mol. The van der Waals surface area contributed by atoms with Crippen molar-refractivity contribution in [3.63, 3.8) is 0 Å². The number of methoxy groups -OCH3 is 2. The monoisotopic (exact) mass is 384 g/mol. The van der Waals surface area contributed by atoms with Gasteiger partial charge in [0, 0.05) is 11.6 Å². The summed E-state index contributed by atoms with van der Waals surface area (Å²) in [5.41, 5.74) is 2.80. The molecule has 3 rings (SSSR count). The lowest BCUT2D eigenvalue weighted by molar-refractivity contribution is 0.376. The molecule has 0 saturated carbocycles. The third-order valence-corrected chi connectivity index (χ3v) is 4.08. The van der Waals surface area contributed by atoms with Crippen molar-refractivity contribution in [2.45, 2.75) is 13.5 Å². The van der Waals surface area contributed by atoms with Crippen LogP contribution in [-0.4, -0.2) is 29.5 Å². The van der Waals surface area contributed by atoms with Gasteiger partial charge in [0.05, 0.1) is 26.5 Å². The standard InChI is InChI=1S/C19H20N4O3S/c1-12-4-6-13(7-5-12)18-22-17(26-23-18)11-20-19(27)21-15-9-8-14(24-2)10-16(15)25-3/h4-10H,11H2,1-3H3,(H2,20,21,27). The average Bonchev–Trinajstić information content (AvgIpc) is 3.16. The first-order valence-electron chi connectivity index (χ1n) is 8.25. The van der Waals surface area contributed by atoms with Gasteiger partial charge in [-0.2, -0.15) is 4.98 Å². The number of benzene rings is 2. The Balaban J connectivity index is 1.59. The smallest absolute Gasteiger partial charge is 0.246 e. The molecule has 0 aliphatic carbocycles. The van der Waals surface area contributed by atoms with E-state index in [9.17, 15) is 0 Å². The molecule has 0 unspecified atom stereocenters. The summed E-state index contributed by atoms with van der Waals surface area (Å²) < 4.78 is 15.8. The van der Waals surface area contributed by atoms with Crippen LogP contribution in [0.25, 0.3) is 11.4 Å². The molecule has 0 bridgehead atoms. The minimum atomic E-state index is 0.309. The summed E-state index contributed by atoms with van der Waals surface area (Å²) in [5.74, 6) is 2.31. The number of hydrogen-bond acceptors (Lipinski definition) is 6. The van der Waals surface area contributed by atoms with Crippen LogP contribution in [0.5, 0.6) is 11.5 Å². The average molecular weight is 384 g/mol. The molecule has 0 radical (unpaired) electrons. The van der Waals surface area contributed by atoms with Crippen molar-refractivity contribution in [2.75, 3.05) is 19.5 Å². The maximum Gasteiger partial charge on any atom is 0.246 e. The molecule has 0 fully saturated rings. The highest BCUT2D eigenvalue weighted by Crippen LogP contribution is 2.28. The molecule has 0 aliphatic heterocycles. The third kappa shape index (κ3) is 4.73. The maximum absolute atomic E-state index is 5.34. The van der Waals surface area contributed by atoms with Crippen LogP contribution in [-0.2, 0) is 6.54 Å². The molecule has 140 valence electrons. The van der Waals surface area contributed by atoms with Gasteiger partial charge >= 0.3 is 0 Å². The lowest BCUT2D eigenvalue weighted by Gasteiger charge is -2.13. The van der Waals surface area contributed by atoms with E-state index in [2.05, 4.69) is 20.8 Å². The molecular weight excluding hydrogens is 364 g/mol. The fourth-order valence-corrected chi connectivity index (χ4v) is 2.55. The number of aryl methyl sites for hydroxylation is 1. The normalized spacial score (nSPS) is 10.3. The van der Waals surface area contributed by atoms with Gasteiger partial charge in [-0.1, -0.05) is 35.0 Å². The first kappa shape index (κ1) is 18.7. The Morgan fingerprint density at radius 1 is 1.11 bits per heavy atom. The van der Waals surface area contributed by atoms with E-state index in [1.807, 2.05) is 43.3 Å². The zero-order valence-electron chi connectivity index (χ0n) is 15.3. The minimum Gasteiger partial charge on any atom is -0.497 e. The quantitative estimate of drug-likeness (QED) is 0.625. The lowest BCUT2D eigenvalue weighted by Crippen LogP contribution is -2.28. The second-order valence-corrected chi connectivity index (χ2v) is 6.16. The molecule has 0 aliphatic rings. The van der Waals surface area contributed by atoms with Gasteiger partial charge in [-0.15, -0.1) is 0 Å². The summed E-state index contributed by atoms with van der Waals surface area (Å²) in [4.78, 5) is 4.38. The molecular formula is C19H20N4O3S. The first-order chi connectivity index (χ1) is 13.1. The zero-order chi connectivity index (χ0) is 19.2. The molecule has 7 nitrogen and oxygen atoms in total. The van der Waals surface area contributed by atoms with E-state index < -0.39 is 0 Å². The lowest BCUT2D eigenvalue weighted by atomic mass is 10.1. The van der Waals surface area contributed by atoms with Crippen molar-refractivity contribution in [1.29, 1.82) is 0 Å². The largest absolute Gasteiger partial charge is 0.497 e. The number of anilines is 1. The van der Waals surface area contributed by atoms with Crippen LogP contribution < -0.4 is 20.1 Å². The third-order valence-electron chi connectivity index (χ3n) is 3.83. The van der Waals surface area contributed by atoms with Crippen LogP contribution >= 0.6 is 12.2 Å². The van der Waals surface area contributed by atoms with Gasteiger partial charge in [0.1, 0.15) is 11.5 Å². The van der Waals surface area contributed by atoms with Gasteiger partial charge in [0.25, 0.3) is 0 Å². The van der Waals surface area contributed by atoms with Crippen LogP contribution in [0.2, 0.25) is 0 Å². The van der Waals surface area contributed by atoms with Crippen LogP contribution in [0.4, 0.5) is 5.69 Å². The zero-order valence-corrected chi connectivity index (χ0v) is 16.1. The number of aromatic nitrogens is 2. The van der Waals surface area contributed by atoms with Crippen molar-refractivity contribution < 1.29 is 14.0 Å². The first-order valence-corrected chi connectivity index (χ1v) is 8.66. The summed E-state index contributed by atoms with van der Waals surface area (Å²) in [5, 5.41) is 10.5. The van der Waals surface area contributed by atoms with E-state index in [1.54, 1.807) is 20.3 Å². The summed E-state index contributed by atoms with van der Waals surface area (Å²) in [7, 11) is 3.19. The highest BCUT2D eigenvalue weighted by molar-refractivity contribution is 7.80. The van der Waals surface area contributed by atoms with E-state index in [1.165, 1.54) is 5.56 Å². The van der Waals surface area contributed by atoms with E-state index in [0.717, 1.165) is 11.3 Å². The Kier molecular flexibility index (Phi) is 5.87. The van der Waals surface area contributed by atoms with Crippen LogP contribution in [0, 0.1) is 6.92 Å². The molecule has 1 aromatic heterocycles. The molecule has 0 saturated heterocycles. The molecule has 27 heavy (non-hydrogen) atoms. The predicted octanol–water partition coefficient (Wildman–Crippen LogP) is 3.55. The van der Waals surface area contributed by atoms with E-state index in [4.69, 9.17) is 26.2 Å². The summed E-state index contributed by atoms with van der Waals surface area (Å²) in [6, 6.07) is 13.3. The highest BCUT2D eigenvalue weighted by atomic mass is 32.1. The van der Waals surface area contributed by atoms with Crippen LogP contribution in [0.15, 0.2) is 47.0 Å². The van der Waals surface area contributed by atoms with E-state index >= 15 is 0 Å². The number of ether oxygens (including phenoxy) is 2. The van der Waals surface area contributed by atoms with Gasteiger partial charge in [-0.25, -0.2) is 0 Å². The molecule has 2 aromatic carbocycles. The van der Waals surface area contributed by atoms with E-state index in [-0.39, 0.29) is 0 Å². The Bertz CT molecular complexity index is 925. The molecule has 0 amide bonds. The molecule has 8 heteroatoms. The number of nitrogens with one attached hydrogen (secondary N) is 2. The minimum absolute atomic E-state index is 0.309. The van der Waals surface area contributed by atoms with Gasteiger partial charge in [0.15, 0.2) is 5.11 Å². The highest BCUT2D eigenvalue weighted by Gasteiger charge is 2.10. The van der Waals surface area contributed by atoms with Crippen molar-refractivity contribution >= 4 is 23.0 Å². The number of nitrogens with zero attached hydrogens (tertiary/aromatic N) is 2. The molecule has 0 atom stereocenters. The van der Waals surface area contributed by atoms with Gasteiger partial charge in [-0.05, 0) is 31.3 Å². The van der Waals surface area contributed by atoms with Crippen molar-refractivity contribution in [3.8, 4) is 22.9 Å². The molecule has 3 aromatic rings. The molecule has 0 spiro atoms. The van der Waals surface area contributed by atoms with Crippen LogP contribution in [0.3, 0.4) is 0 Å². The molecule has 2 N–H and O–H groups in total. The fraction of sp³-hybridized carbons (Fsp3) is 0.211. The Hall–Kier alpha value is -3.13. The Labute approximate surface area is 162 Å². The van der Waals surface area contributed by atoms with Crippen LogP contribution in [0.1, 0.15) is 11.5 Å². The second kappa shape index (κ2) is 8.50. The number of thiocarbonyl (C=S) groups is 1. The van der Waals surface area contributed by atoms with E-state index in [0.29, 0.717) is 34.9 Å².